The van der Waals surface area contributed by atoms with E-state index in [2.05, 4.69) is 44.9 Å². The first-order valence-electron chi connectivity index (χ1n) is 16.7. The van der Waals surface area contributed by atoms with Crippen LogP contribution in [-0.4, -0.2) is 95.0 Å². The highest BCUT2D eigenvalue weighted by molar-refractivity contribution is 6.10. The number of aromatic nitrogens is 4. The van der Waals surface area contributed by atoms with Gasteiger partial charge in [0.1, 0.15) is 23.8 Å². The number of ether oxygens (including phenoxy) is 1. The Morgan fingerprint density at radius 1 is 1.02 bits per heavy atom. The van der Waals surface area contributed by atoms with Crippen LogP contribution in [0.1, 0.15) is 64.6 Å². The molecule has 0 saturated carbocycles. The van der Waals surface area contributed by atoms with E-state index in [0.717, 1.165) is 69.9 Å². The van der Waals surface area contributed by atoms with Crippen molar-refractivity contribution in [3.8, 4) is 0 Å². The SMILES string of the molecule is CC[C@H]1CCCN(Cc2cc3c(c(C(F)(F)F)c2)CN(c2cc(C4(Cc5nncn5C)COC4)cc(N4CCN(C)CC4)n2)C3=O)C1. The lowest BCUT2D eigenvalue weighted by atomic mass is 9.75. The van der Waals surface area contributed by atoms with Gasteiger partial charge in [0.25, 0.3) is 5.91 Å². The van der Waals surface area contributed by atoms with Crippen molar-refractivity contribution in [2.75, 3.05) is 69.3 Å². The average molecular weight is 653 g/mol. The van der Waals surface area contributed by atoms with Gasteiger partial charge in [-0.25, -0.2) is 4.98 Å². The van der Waals surface area contributed by atoms with E-state index in [0.29, 0.717) is 49.3 Å². The first kappa shape index (κ1) is 32.0. The number of hydrogen-bond donors (Lipinski definition) is 0. The molecule has 10 nitrogen and oxygen atoms in total. The van der Waals surface area contributed by atoms with Gasteiger partial charge < -0.3 is 19.1 Å². The van der Waals surface area contributed by atoms with Gasteiger partial charge in [-0.3, -0.25) is 14.6 Å². The van der Waals surface area contributed by atoms with Gasteiger partial charge in [-0.1, -0.05) is 13.3 Å². The maximum absolute atomic E-state index is 14.6. The zero-order valence-corrected chi connectivity index (χ0v) is 27.4. The highest BCUT2D eigenvalue weighted by Crippen LogP contribution is 2.42. The number of nitrogens with zero attached hydrogens (tertiary/aromatic N) is 8. The monoisotopic (exact) mass is 652 g/mol. The Kier molecular flexibility index (Phi) is 8.50. The second kappa shape index (κ2) is 12.5. The van der Waals surface area contributed by atoms with E-state index >= 15 is 0 Å². The van der Waals surface area contributed by atoms with Gasteiger partial charge in [0.05, 0.1) is 25.3 Å². The van der Waals surface area contributed by atoms with Crippen molar-refractivity contribution >= 4 is 17.5 Å². The smallest absolute Gasteiger partial charge is 0.379 e. The number of likely N-dealkylation sites (tertiary alicyclic amines) is 1. The molecule has 0 unspecified atom stereocenters. The number of amides is 1. The zero-order chi connectivity index (χ0) is 32.9. The molecule has 13 heteroatoms. The molecule has 0 radical (unpaired) electrons. The van der Waals surface area contributed by atoms with Gasteiger partial charge >= 0.3 is 6.18 Å². The summed E-state index contributed by atoms with van der Waals surface area (Å²) in [6, 6.07) is 6.87. The van der Waals surface area contributed by atoms with Crippen LogP contribution in [-0.2, 0) is 42.9 Å². The standard InChI is InChI=1S/C34H43F3N8O2/c1-4-23-6-5-7-43(17-23)18-24-12-26-27(28(13-24)34(35,36)37)19-45(32(26)46)30-15-25(14-29(39-30)44-10-8-41(2)9-11-44)33(20-47-21-33)16-31-40-38-22-42(31)3/h12-15,22-23H,4-11,16-21H2,1-3H3/t23-/m0/s1. The summed E-state index contributed by atoms with van der Waals surface area (Å²) in [5.74, 6) is 1.98. The fourth-order valence-electron chi connectivity index (χ4n) is 7.52. The van der Waals surface area contributed by atoms with E-state index in [1.807, 2.05) is 17.7 Å². The third-order valence-corrected chi connectivity index (χ3v) is 10.6. The molecular formula is C34H43F3N8O2. The molecule has 3 aromatic rings. The summed E-state index contributed by atoms with van der Waals surface area (Å²) in [4.78, 5) is 27.2. The number of piperazine rings is 1. The lowest BCUT2D eigenvalue weighted by Gasteiger charge is -2.42. The Bertz CT molecular complexity index is 1630. The number of rotatable bonds is 8. The van der Waals surface area contributed by atoms with Crippen LogP contribution in [0.5, 0.6) is 0 Å². The number of carbonyl (C=O) groups excluding carboxylic acids is 1. The van der Waals surface area contributed by atoms with Crippen LogP contribution < -0.4 is 9.80 Å². The highest BCUT2D eigenvalue weighted by atomic mass is 19.4. The first-order chi connectivity index (χ1) is 22.5. The van der Waals surface area contributed by atoms with Gasteiger partial charge in [0, 0.05) is 63.7 Å². The number of benzene rings is 1. The Morgan fingerprint density at radius 3 is 2.45 bits per heavy atom. The van der Waals surface area contributed by atoms with Crippen LogP contribution >= 0.6 is 0 Å². The summed E-state index contributed by atoms with van der Waals surface area (Å²) >= 11 is 0. The Labute approximate surface area is 273 Å². The maximum Gasteiger partial charge on any atom is 0.416 e. The molecule has 2 aromatic heterocycles. The molecule has 6 heterocycles. The topological polar surface area (TPSA) is 82.9 Å². The largest absolute Gasteiger partial charge is 0.416 e. The fourth-order valence-corrected chi connectivity index (χ4v) is 7.52. The molecule has 1 atom stereocenters. The molecule has 0 bridgehead atoms. The van der Waals surface area contributed by atoms with E-state index in [-0.39, 0.29) is 17.7 Å². The van der Waals surface area contributed by atoms with Crippen molar-refractivity contribution in [1.82, 2.24) is 29.5 Å². The molecule has 0 spiro atoms. The zero-order valence-electron chi connectivity index (χ0n) is 27.4. The van der Waals surface area contributed by atoms with Crippen LogP contribution in [0.3, 0.4) is 0 Å². The van der Waals surface area contributed by atoms with Gasteiger partial charge in [-0.05, 0) is 73.3 Å². The minimum atomic E-state index is -4.59. The molecule has 1 amide bonds. The van der Waals surface area contributed by atoms with Crippen LogP contribution in [0.15, 0.2) is 30.6 Å². The number of piperidine rings is 1. The summed E-state index contributed by atoms with van der Waals surface area (Å²) in [7, 11) is 3.98. The summed E-state index contributed by atoms with van der Waals surface area (Å²) in [5.41, 5.74) is 0.439. The average Bonchev–Trinajstić information content (AvgIpc) is 3.60. The summed E-state index contributed by atoms with van der Waals surface area (Å²) in [5, 5.41) is 8.36. The molecule has 252 valence electrons. The van der Waals surface area contributed by atoms with E-state index in [9.17, 15) is 18.0 Å². The summed E-state index contributed by atoms with van der Waals surface area (Å²) in [6.45, 7) is 8.21. The van der Waals surface area contributed by atoms with Crippen molar-refractivity contribution in [1.29, 1.82) is 0 Å². The molecule has 7 rings (SSSR count). The van der Waals surface area contributed by atoms with Crippen LogP contribution in [0, 0.1) is 5.92 Å². The minimum Gasteiger partial charge on any atom is -0.379 e. The maximum atomic E-state index is 14.6. The van der Waals surface area contributed by atoms with Gasteiger partial charge in [-0.15, -0.1) is 10.2 Å². The van der Waals surface area contributed by atoms with Gasteiger partial charge in [-0.2, -0.15) is 13.2 Å². The predicted molar refractivity (Wildman–Crippen MR) is 171 cm³/mol. The highest BCUT2D eigenvalue weighted by Gasteiger charge is 2.45. The van der Waals surface area contributed by atoms with Crippen molar-refractivity contribution in [2.45, 2.75) is 57.3 Å². The molecule has 47 heavy (non-hydrogen) atoms. The number of anilines is 2. The molecule has 1 aromatic carbocycles. The second-order valence-corrected chi connectivity index (χ2v) is 13.9. The van der Waals surface area contributed by atoms with Crippen molar-refractivity contribution in [3.05, 3.63) is 64.2 Å². The number of pyridine rings is 1. The summed E-state index contributed by atoms with van der Waals surface area (Å²) in [6.07, 6.45) is 0.871. The number of carbonyl (C=O) groups is 1. The molecule has 3 fully saturated rings. The number of halogens is 3. The lowest BCUT2D eigenvalue weighted by Crippen LogP contribution is -2.49. The fraction of sp³-hybridized carbons (Fsp3) is 0.588. The molecule has 4 aliphatic rings. The Balaban J connectivity index is 1.26. The van der Waals surface area contributed by atoms with Crippen LogP contribution in [0.2, 0.25) is 0 Å². The number of alkyl halides is 3. The van der Waals surface area contributed by atoms with E-state index in [1.54, 1.807) is 12.4 Å². The second-order valence-electron chi connectivity index (χ2n) is 13.9. The molecule has 4 aliphatic heterocycles. The van der Waals surface area contributed by atoms with Gasteiger partial charge in [0.2, 0.25) is 0 Å². The predicted octanol–water partition coefficient (Wildman–Crippen LogP) is 4.27. The van der Waals surface area contributed by atoms with E-state index in [4.69, 9.17) is 9.72 Å². The lowest BCUT2D eigenvalue weighted by molar-refractivity contribution is -0.138. The number of aryl methyl sites for hydroxylation is 1. The third-order valence-electron chi connectivity index (χ3n) is 10.6. The van der Waals surface area contributed by atoms with E-state index < -0.39 is 23.1 Å². The minimum absolute atomic E-state index is 0.0189. The van der Waals surface area contributed by atoms with Crippen molar-refractivity contribution in [3.63, 3.8) is 0 Å². The summed E-state index contributed by atoms with van der Waals surface area (Å²) < 4.78 is 51.4. The van der Waals surface area contributed by atoms with Crippen molar-refractivity contribution in [2.24, 2.45) is 13.0 Å². The van der Waals surface area contributed by atoms with E-state index in [1.165, 1.54) is 11.0 Å². The normalized spacial score (nSPS) is 22.1. The molecule has 3 saturated heterocycles. The quantitative estimate of drug-likeness (QED) is 0.357. The number of likely N-dealkylation sites (N-methyl/N-ethyl adjacent to an activating group) is 1. The number of hydrogen-bond acceptors (Lipinski definition) is 8. The number of fused-ring (bicyclic) bond motifs is 1. The Hall–Kier alpha value is -3.55. The Morgan fingerprint density at radius 2 is 1.79 bits per heavy atom. The van der Waals surface area contributed by atoms with Crippen LogP contribution in [0.4, 0.5) is 24.8 Å². The molecule has 0 aliphatic carbocycles. The van der Waals surface area contributed by atoms with Gasteiger partial charge in [0.15, 0.2) is 0 Å². The van der Waals surface area contributed by atoms with Crippen LogP contribution in [0.25, 0.3) is 0 Å². The first-order valence-corrected chi connectivity index (χ1v) is 16.7. The van der Waals surface area contributed by atoms with Crippen molar-refractivity contribution < 1.29 is 22.7 Å². The molecule has 0 N–H and O–H groups in total. The third kappa shape index (κ3) is 6.25. The molecular weight excluding hydrogens is 609 g/mol.